The number of carbonyl (C=O) groups excluding carboxylic acids is 1. The topological polar surface area (TPSA) is 44.8 Å². The van der Waals surface area contributed by atoms with E-state index in [-0.39, 0.29) is 23.2 Å². The molecule has 0 aromatic rings. The summed E-state index contributed by atoms with van der Waals surface area (Å²) in [5, 5.41) is 0. The quantitative estimate of drug-likeness (QED) is 0.346. The summed E-state index contributed by atoms with van der Waals surface area (Å²) in [7, 11) is 5.93. The van der Waals surface area contributed by atoms with Gasteiger partial charge >= 0.3 is 0 Å². The highest BCUT2D eigenvalue weighted by Crippen LogP contribution is 2.38. The highest BCUT2D eigenvalue weighted by atomic mass is 31.0. The summed E-state index contributed by atoms with van der Waals surface area (Å²) < 4.78 is 16.0. The Morgan fingerprint density at radius 3 is 2.05 bits per heavy atom. The van der Waals surface area contributed by atoms with Gasteiger partial charge in [-0.3, -0.25) is 4.79 Å². The number of carbonyl (C=O) groups is 1. The number of rotatable bonds is 10. The van der Waals surface area contributed by atoms with Gasteiger partial charge < -0.3 is 13.8 Å². The Balaban J connectivity index is 5.33. The molecular formula is C15H30O4P2. The molecule has 0 amide bonds. The molecule has 0 aromatic heterocycles. The van der Waals surface area contributed by atoms with E-state index in [0.717, 1.165) is 6.42 Å². The van der Waals surface area contributed by atoms with Crippen LogP contribution in [0.2, 0.25) is 0 Å². The first-order chi connectivity index (χ1) is 9.59. The van der Waals surface area contributed by atoms with Gasteiger partial charge in [0.15, 0.2) is 6.29 Å². The lowest BCUT2D eigenvalue weighted by Gasteiger charge is -2.40. The Bertz CT molecular complexity index is 352. The highest BCUT2D eigenvalue weighted by molar-refractivity contribution is 7.10. The number of hydrogen-bond acceptors (Lipinski definition) is 4. The first-order valence-electron chi connectivity index (χ1n) is 6.99. The molecule has 0 aliphatic carbocycles. The van der Waals surface area contributed by atoms with Gasteiger partial charge in [-0.25, -0.2) is 0 Å². The molecule has 0 rings (SSSR count). The van der Waals surface area contributed by atoms with Crippen molar-refractivity contribution in [1.82, 2.24) is 0 Å². The Morgan fingerprint density at radius 2 is 1.71 bits per heavy atom. The lowest BCUT2D eigenvalue weighted by molar-refractivity contribution is -0.153. The van der Waals surface area contributed by atoms with Crippen LogP contribution in [-0.4, -0.2) is 25.3 Å². The smallest absolute Gasteiger partial charge is 0.175 e. The molecule has 6 heteroatoms. The number of hydrogen-bond donors (Lipinski definition) is 0. The third-order valence-electron chi connectivity index (χ3n) is 4.03. The molecule has 4 nitrogen and oxygen atoms in total. The molecule has 4 atom stereocenters. The van der Waals surface area contributed by atoms with Gasteiger partial charge in [0.2, 0.25) is 0 Å². The second-order valence-electron chi connectivity index (χ2n) is 6.62. The fourth-order valence-electron chi connectivity index (χ4n) is 2.90. The van der Waals surface area contributed by atoms with Gasteiger partial charge in [0, 0.05) is 32.0 Å². The van der Waals surface area contributed by atoms with Crippen molar-refractivity contribution < 1.29 is 18.6 Å². The zero-order valence-electron chi connectivity index (χ0n) is 14.0. The average Bonchev–Trinajstić information content (AvgIpc) is 2.38. The van der Waals surface area contributed by atoms with E-state index in [1.807, 2.05) is 26.8 Å². The van der Waals surface area contributed by atoms with Crippen LogP contribution in [0.25, 0.3) is 0 Å². The highest BCUT2D eigenvalue weighted by Gasteiger charge is 2.45. The molecular weight excluding hydrogens is 306 g/mol. The van der Waals surface area contributed by atoms with Crippen molar-refractivity contribution in [1.29, 1.82) is 0 Å². The monoisotopic (exact) mass is 336 g/mol. The summed E-state index contributed by atoms with van der Waals surface area (Å²) in [6.45, 7) is 13.5. The van der Waals surface area contributed by atoms with Gasteiger partial charge in [-0.05, 0) is 25.7 Å². The average molecular weight is 336 g/mol. The maximum atomic E-state index is 12.9. The Morgan fingerprint density at radius 1 is 1.24 bits per heavy atom. The first-order valence-corrected chi connectivity index (χ1v) is 7.93. The molecule has 3 unspecified atom stereocenters. The largest absolute Gasteiger partial charge is 0.380 e. The Labute approximate surface area is 133 Å². The van der Waals surface area contributed by atoms with Crippen LogP contribution < -0.4 is 0 Å². The lowest BCUT2D eigenvalue weighted by atomic mass is 9.71. The summed E-state index contributed by atoms with van der Waals surface area (Å²) in [5.41, 5.74) is -0.968. The third-order valence-corrected chi connectivity index (χ3v) is 4.53. The van der Waals surface area contributed by atoms with Crippen LogP contribution in [0.3, 0.4) is 0 Å². The minimum Gasteiger partial charge on any atom is -0.380 e. The third kappa shape index (κ3) is 5.08. The molecule has 0 aliphatic rings. The number of allylic oxidation sites excluding steroid dienone is 1. The van der Waals surface area contributed by atoms with Crippen molar-refractivity contribution in [3.05, 3.63) is 12.7 Å². The fourth-order valence-corrected chi connectivity index (χ4v) is 3.84. The molecule has 0 spiro atoms. The van der Waals surface area contributed by atoms with E-state index in [1.165, 1.54) is 0 Å². The predicted molar refractivity (Wildman–Crippen MR) is 92.7 cm³/mol. The molecule has 21 heavy (non-hydrogen) atoms. The summed E-state index contributed by atoms with van der Waals surface area (Å²) in [5.74, 6) is -0.246. The van der Waals surface area contributed by atoms with Crippen molar-refractivity contribution in [2.24, 2.45) is 16.7 Å². The number of Topliss-reactive ketones (excluding diaryl/α,β-unsaturated/α-hetero) is 1. The van der Waals surface area contributed by atoms with Gasteiger partial charge in [-0.1, -0.05) is 26.8 Å². The summed E-state index contributed by atoms with van der Waals surface area (Å²) >= 11 is 0. The first kappa shape index (κ1) is 21.1. The van der Waals surface area contributed by atoms with Crippen molar-refractivity contribution in [2.75, 3.05) is 7.11 Å². The predicted octanol–water partition coefficient (Wildman–Crippen LogP) is 3.77. The van der Waals surface area contributed by atoms with Gasteiger partial charge in [0.25, 0.3) is 0 Å². The van der Waals surface area contributed by atoms with E-state index in [0.29, 0.717) is 0 Å². The van der Waals surface area contributed by atoms with Crippen LogP contribution in [0.15, 0.2) is 12.7 Å². The van der Waals surface area contributed by atoms with E-state index in [1.54, 1.807) is 7.11 Å². The van der Waals surface area contributed by atoms with Crippen LogP contribution >= 0.6 is 18.9 Å². The minimum atomic E-state index is -0.788. The number of methoxy groups -OCH3 is 1. The molecule has 0 N–H and O–H groups in total. The molecule has 0 bridgehead atoms. The SMILES string of the molecule is C=CCC(C)(C)C(OC)[C@@H](C)C(=O)C(C)(C)C(OP)OP. The maximum Gasteiger partial charge on any atom is 0.175 e. The molecule has 0 heterocycles. The number of ketones is 1. The van der Waals surface area contributed by atoms with Crippen LogP contribution in [0.4, 0.5) is 0 Å². The molecule has 0 aliphatic heterocycles. The second kappa shape index (κ2) is 8.70. The Kier molecular flexibility index (Phi) is 8.76. The van der Waals surface area contributed by atoms with Crippen LogP contribution in [0.5, 0.6) is 0 Å². The van der Waals surface area contributed by atoms with Gasteiger partial charge in [-0.15, -0.1) is 6.58 Å². The summed E-state index contributed by atoms with van der Waals surface area (Å²) in [6, 6.07) is 0. The normalized spacial score (nSPS) is 15.9. The minimum absolute atomic E-state index is 0.0430. The fraction of sp³-hybridized carbons (Fsp3) is 0.800. The van der Waals surface area contributed by atoms with Gasteiger partial charge in [-0.2, -0.15) is 0 Å². The van der Waals surface area contributed by atoms with Crippen molar-refractivity contribution in [2.45, 2.75) is 53.4 Å². The zero-order valence-corrected chi connectivity index (χ0v) is 16.3. The summed E-state index contributed by atoms with van der Waals surface area (Å²) in [4.78, 5) is 12.9. The standard InChI is InChI=1S/C15H30O4P2/c1-8-9-14(3,4)12(17-7)10(2)11(16)15(5,6)13(18-20)19-21/h8,10,12-13H,1,9,20-21H2,2-7H3/t10-,12?/m0/s1. The van der Waals surface area contributed by atoms with E-state index >= 15 is 0 Å². The molecule has 0 aromatic carbocycles. The Hall–Kier alpha value is 0.150. The zero-order chi connectivity index (χ0) is 16.8. The van der Waals surface area contributed by atoms with Crippen LogP contribution in [0.1, 0.15) is 41.0 Å². The second-order valence-corrected chi connectivity index (χ2v) is 7.16. The van der Waals surface area contributed by atoms with E-state index in [2.05, 4.69) is 39.4 Å². The lowest BCUT2D eigenvalue weighted by Crippen LogP contribution is -2.48. The van der Waals surface area contributed by atoms with E-state index in [4.69, 9.17) is 13.8 Å². The van der Waals surface area contributed by atoms with E-state index < -0.39 is 11.7 Å². The molecule has 0 saturated carbocycles. The molecule has 0 fully saturated rings. The molecule has 0 saturated heterocycles. The van der Waals surface area contributed by atoms with Crippen molar-refractivity contribution in [3.8, 4) is 0 Å². The molecule has 124 valence electrons. The van der Waals surface area contributed by atoms with Crippen LogP contribution in [0, 0.1) is 16.7 Å². The van der Waals surface area contributed by atoms with Gasteiger partial charge in [0.1, 0.15) is 5.78 Å². The van der Waals surface area contributed by atoms with E-state index in [9.17, 15) is 4.79 Å². The maximum absolute atomic E-state index is 12.9. The van der Waals surface area contributed by atoms with Crippen LogP contribution in [-0.2, 0) is 18.6 Å². The number of ether oxygens (including phenoxy) is 1. The van der Waals surface area contributed by atoms with Crippen molar-refractivity contribution in [3.63, 3.8) is 0 Å². The molecule has 0 radical (unpaired) electrons. The van der Waals surface area contributed by atoms with Crippen molar-refractivity contribution >= 4 is 24.7 Å². The van der Waals surface area contributed by atoms with Gasteiger partial charge in [0.05, 0.1) is 11.5 Å². The summed E-state index contributed by atoms with van der Waals surface area (Å²) in [6.07, 6.45) is 1.77.